The summed E-state index contributed by atoms with van der Waals surface area (Å²) in [6, 6.07) is 20.9. The summed E-state index contributed by atoms with van der Waals surface area (Å²) in [6.07, 6.45) is 1.71. The van der Waals surface area contributed by atoms with Gasteiger partial charge in [0.1, 0.15) is 12.4 Å². The molecule has 0 aliphatic carbocycles. The van der Waals surface area contributed by atoms with E-state index in [1.165, 1.54) is 18.2 Å². The van der Waals surface area contributed by atoms with Gasteiger partial charge in [0, 0.05) is 39.4 Å². The highest BCUT2D eigenvalue weighted by Gasteiger charge is 2.36. The quantitative estimate of drug-likeness (QED) is 0.288. The third kappa shape index (κ3) is 5.16. The standard InChI is InChI=1S/C28H21ClFN3O3S/c1-17-23(22-7-2-3-8-24(22)32(17)15-18-9-11-19(29)12-10-18)14-25-27(35)33(28(36)37-25)16-26(34)31-21-6-4-5-20(30)13-21/h2-14H,15-16H2,1H3,(H,31,34)/b25-14+. The molecule has 1 aliphatic rings. The second kappa shape index (κ2) is 10.2. The minimum absolute atomic E-state index is 0.237. The third-order valence-electron chi connectivity index (χ3n) is 6.09. The second-order valence-corrected chi connectivity index (χ2v) is 9.98. The first-order valence-corrected chi connectivity index (χ1v) is 12.6. The molecular formula is C28H21ClFN3O3S. The Labute approximate surface area is 221 Å². The smallest absolute Gasteiger partial charge is 0.294 e. The molecule has 3 aromatic carbocycles. The minimum Gasteiger partial charge on any atom is -0.340 e. The highest BCUT2D eigenvalue weighted by molar-refractivity contribution is 8.18. The molecule has 37 heavy (non-hydrogen) atoms. The number of imide groups is 1. The first-order chi connectivity index (χ1) is 17.8. The van der Waals surface area contributed by atoms with Crippen LogP contribution in [0, 0.1) is 12.7 Å². The first-order valence-electron chi connectivity index (χ1n) is 11.4. The summed E-state index contributed by atoms with van der Waals surface area (Å²) < 4.78 is 15.6. The van der Waals surface area contributed by atoms with Gasteiger partial charge < -0.3 is 9.88 Å². The van der Waals surface area contributed by atoms with Crippen molar-refractivity contribution in [1.82, 2.24) is 9.47 Å². The van der Waals surface area contributed by atoms with E-state index in [1.54, 1.807) is 6.08 Å². The molecule has 1 fully saturated rings. The van der Waals surface area contributed by atoms with Gasteiger partial charge >= 0.3 is 0 Å². The van der Waals surface area contributed by atoms with Crippen molar-refractivity contribution in [3.05, 3.63) is 105 Å². The number of carbonyl (C=O) groups excluding carboxylic acids is 3. The van der Waals surface area contributed by atoms with Crippen molar-refractivity contribution in [1.29, 1.82) is 0 Å². The zero-order valence-corrected chi connectivity index (χ0v) is 21.3. The zero-order valence-electron chi connectivity index (χ0n) is 19.7. The van der Waals surface area contributed by atoms with E-state index in [9.17, 15) is 18.8 Å². The number of nitrogens with zero attached hydrogens (tertiary/aromatic N) is 2. The number of anilines is 1. The fourth-order valence-electron chi connectivity index (χ4n) is 4.29. The Hall–Kier alpha value is -3.88. The lowest BCUT2D eigenvalue weighted by Crippen LogP contribution is -2.36. The monoisotopic (exact) mass is 533 g/mol. The lowest BCUT2D eigenvalue weighted by Gasteiger charge is -2.12. The van der Waals surface area contributed by atoms with Crippen LogP contribution < -0.4 is 5.32 Å². The molecule has 0 radical (unpaired) electrons. The summed E-state index contributed by atoms with van der Waals surface area (Å²) in [7, 11) is 0. The molecule has 3 amide bonds. The van der Waals surface area contributed by atoms with E-state index in [1.807, 2.05) is 55.5 Å². The maximum Gasteiger partial charge on any atom is 0.294 e. The molecule has 4 aromatic rings. The molecule has 1 aliphatic heterocycles. The predicted molar refractivity (Wildman–Crippen MR) is 145 cm³/mol. The van der Waals surface area contributed by atoms with Gasteiger partial charge in [-0.15, -0.1) is 0 Å². The number of hydrogen-bond acceptors (Lipinski definition) is 4. The summed E-state index contributed by atoms with van der Waals surface area (Å²) >= 11 is 6.83. The van der Waals surface area contributed by atoms with E-state index in [4.69, 9.17) is 11.6 Å². The fourth-order valence-corrected chi connectivity index (χ4v) is 5.24. The number of carbonyl (C=O) groups is 3. The normalized spacial score (nSPS) is 14.7. The van der Waals surface area contributed by atoms with Gasteiger partial charge in [0.2, 0.25) is 5.91 Å². The van der Waals surface area contributed by atoms with Gasteiger partial charge in [0.15, 0.2) is 0 Å². The maximum absolute atomic E-state index is 13.4. The van der Waals surface area contributed by atoms with Gasteiger partial charge in [0.05, 0.1) is 4.91 Å². The van der Waals surface area contributed by atoms with Crippen LogP contribution in [0.25, 0.3) is 17.0 Å². The number of halogens is 2. The summed E-state index contributed by atoms with van der Waals surface area (Å²) in [5.41, 5.74) is 4.09. The Morgan fingerprint density at radius 2 is 1.81 bits per heavy atom. The second-order valence-electron chi connectivity index (χ2n) is 8.56. The fraction of sp³-hybridized carbons (Fsp3) is 0.107. The van der Waals surface area contributed by atoms with Crippen LogP contribution in [-0.2, 0) is 16.1 Å². The number of fused-ring (bicyclic) bond motifs is 1. The molecule has 9 heteroatoms. The molecular weight excluding hydrogens is 513 g/mol. The van der Waals surface area contributed by atoms with Crippen molar-refractivity contribution < 1.29 is 18.8 Å². The van der Waals surface area contributed by atoms with Crippen molar-refractivity contribution in [3.8, 4) is 0 Å². The predicted octanol–water partition coefficient (Wildman–Crippen LogP) is 6.47. The van der Waals surface area contributed by atoms with Crippen LogP contribution in [0.3, 0.4) is 0 Å². The molecule has 0 spiro atoms. The number of hydrogen-bond donors (Lipinski definition) is 1. The number of rotatable bonds is 6. The zero-order chi connectivity index (χ0) is 26.1. The van der Waals surface area contributed by atoms with E-state index in [0.29, 0.717) is 11.6 Å². The first kappa shape index (κ1) is 24.8. The highest BCUT2D eigenvalue weighted by atomic mass is 35.5. The van der Waals surface area contributed by atoms with Crippen LogP contribution in [0.4, 0.5) is 14.9 Å². The topological polar surface area (TPSA) is 71.4 Å². The van der Waals surface area contributed by atoms with Crippen molar-refractivity contribution in [2.45, 2.75) is 13.5 Å². The van der Waals surface area contributed by atoms with Crippen LogP contribution in [0.1, 0.15) is 16.8 Å². The van der Waals surface area contributed by atoms with E-state index >= 15 is 0 Å². The molecule has 1 saturated heterocycles. The Morgan fingerprint density at radius 3 is 2.57 bits per heavy atom. The number of thioether (sulfide) groups is 1. The van der Waals surface area contributed by atoms with Crippen molar-refractivity contribution in [2.75, 3.05) is 11.9 Å². The van der Waals surface area contributed by atoms with Gasteiger partial charge in [-0.1, -0.05) is 48.0 Å². The van der Waals surface area contributed by atoms with E-state index < -0.39 is 29.4 Å². The van der Waals surface area contributed by atoms with Crippen LogP contribution in [0.2, 0.25) is 5.02 Å². The van der Waals surface area contributed by atoms with Crippen molar-refractivity contribution in [3.63, 3.8) is 0 Å². The van der Waals surface area contributed by atoms with Gasteiger partial charge in [0.25, 0.3) is 11.1 Å². The summed E-state index contributed by atoms with van der Waals surface area (Å²) in [6.45, 7) is 2.12. The molecule has 0 atom stereocenters. The molecule has 2 heterocycles. The van der Waals surface area contributed by atoms with Gasteiger partial charge in [-0.3, -0.25) is 19.3 Å². The van der Waals surface area contributed by atoms with Crippen LogP contribution in [0.5, 0.6) is 0 Å². The maximum atomic E-state index is 13.4. The van der Waals surface area contributed by atoms with Crippen molar-refractivity contribution >= 4 is 63.1 Å². The number of amides is 3. The molecule has 0 saturated carbocycles. The number of para-hydroxylation sites is 1. The Bertz CT molecular complexity index is 1580. The van der Waals surface area contributed by atoms with Crippen LogP contribution in [-0.4, -0.2) is 33.1 Å². The molecule has 186 valence electrons. The summed E-state index contributed by atoms with van der Waals surface area (Å²) in [4.78, 5) is 39.3. The molecule has 1 aromatic heterocycles. The number of aromatic nitrogens is 1. The Kier molecular flexibility index (Phi) is 6.86. The van der Waals surface area contributed by atoms with E-state index in [-0.39, 0.29) is 10.6 Å². The molecule has 0 bridgehead atoms. The average Bonchev–Trinajstić information content (AvgIpc) is 3.28. The SMILES string of the molecule is Cc1c(/C=C2/SC(=O)N(CC(=O)Nc3cccc(F)c3)C2=O)c2ccccc2n1Cc1ccc(Cl)cc1. The molecule has 0 unspecified atom stereocenters. The van der Waals surface area contributed by atoms with Gasteiger partial charge in [-0.25, -0.2) is 4.39 Å². The third-order valence-corrected chi connectivity index (χ3v) is 7.25. The average molecular weight is 534 g/mol. The van der Waals surface area contributed by atoms with Crippen molar-refractivity contribution in [2.24, 2.45) is 0 Å². The molecule has 6 nitrogen and oxygen atoms in total. The van der Waals surface area contributed by atoms with Crippen LogP contribution in [0.15, 0.2) is 77.7 Å². The van der Waals surface area contributed by atoms with Gasteiger partial charge in [-0.2, -0.15) is 0 Å². The Balaban J connectivity index is 1.41. The number of nitrogens with one attached hydrogen (secondary N) is 1. The lowest BCUT2D eigenvalue weighted by atomic mass is 10.1. The Morgan fingerprint density at radius 1 is 1.05 bits per heavy atom. The van der Waals surface area contributed by atoms with Gasteiger partial charge in [-0.05, 0) is 66.7 Å². The minimum atomic E-state index is -0.593. The highest BCUT2D eigenvalue weighted by Crippen LogP contribution is 2.36. The van der Waals surface area contributed by atoms with Crippen LogP contribution >= 0.6 is 23.4 Å². The lowest BCUT2D eigenvalue weighted by molar-refractivity contribution is -0.127. The van der Waals surface area contributed by atoms with E-state index in [0.717, 1.165) is 50.5 Å². The largest absolute Gasteiger partial charge is 0.340 e. The molecule has 5 rings (SSSR count). The molecule has 1 N–H and O–H groups in total. The summed E-state index contributed by atoms with van der Waals surface area (Å²) in [5.74, 6) is -1.64. The summed E-state index contributed by atoms with van der Waals surface area (Å²) in [5, 5.41) is 3.59. The number of benzene rings is 3. The van der Waals surface area contributed by atoms with E-state index in [2.05, 4.69) is 9.88 Å².